The first kappa shape index (κ1) is 30.6. The molecule has 4 heterocycles. The van der Waals surface area contributed by atoms with Crippen molar-refractivity contribution >= 4 is 45.4 Å². The van der Waals surface area contributed by atoms with E-state index in [0.29, 0.717) is 58.7 Å². The number of thioether (sulfide) groups is 1. The molecule has 6 atom stereocenters. The van der Waals surface area contributed by atoms with Gasteiger partial charge in [-0.05, 0) is 25.7 Å². The van der Waals surface area contributed by atoms with Crippen LogP contribution in [0.2, 0.25) is 0 Å². The van der Waals surface area contributed by atoms with E-state index in [9.17, 15) is 19.5 Å². The number of rotatable bonds is 14. The van der Waals surface area contributed by atoms with Crippen LogP contribution in [0.1, 0.15) is 25.7 Å². The summed E-state index contributed by atoms with van der Waals surface area (Å²) in [6.45, 7) is 13.4. The lowest BCUT2D eigenvalue weighted by molar-refractivity contribution is -0.144. The highest BCUT2D eigenvalue weighted by Crippen LogP contribution is 2.68. The topological polar surface area (TPSA) is 93.6 Å². The van der Waals surface area contributed by atoms with Crippen molar-refractivity contribution in [2.24, 2.45) is 11.8 Å². The molecule has 4 aliphatic rings. The number of likely N-dealkylation sites (tertiary alicyclic amines) is 1. The number of carbonyl (C=O) groups excluding carboxylic acids is 3. The molecule has 4 fully saturated rings. The van der Waals surface area contributed by atoms with Crippen LogP contribution in [-0.2, 0) is 19.1 Å². The Hall–Kier alpha value is -1.40. The number of aliphatic hydroxyl groups excluding tert-OH is 1. The van der Waals surface area contributed by atoms with Crippen LogP contribution in [0.5, 0.6) is 0 Å². The Morgan fingerprint density at radius 1 is 1.15 bits per heavy atom. The number of halogens is 1. The molecule has 0 aliphatic carbocycles. The first-order valence-corrected chi connectivity index (χ1v) is 15.9. The summed E-state index contributed by atoms with van der Waals surface area (Å²) in [6.07, 6.45) is 6.24. The Morgan fingerprint density at radius 2 is 1.87 bits per heavy atom. The van der Waals surface area contributed by atoms with Crippen molar-refractivity contribution in [2.75, 3.05) is 72.7 Å². The Labute approximate surface area is 245 Å². The third-order valence-corrected chi connectivity index (χ3v) is 11.8. The zero-order chi connectivity index (χ0) is 28.2. The summed E-state index contributed by atoms with van der Waals surface area (Å²) in [5, 5.41) is 9.20. The van der Waals surface area contributed by atoms with E-state index < -0.39 is 22.6 Å². The molecule has 9 nitrogen and oxygen atoms in total. The average Bonchev–Trinajstić information content (AvgIpc) is 3.52. The van der Waals surface area contributed by atoms with E-state index in [2.05, 4.69) is 34.0 Å². The summed E-state index contributed by atoms with van der Waals surface area (Å²) in [5.74, 6) is -1.20. The molecule has 4 aliphatic heterocycles. The van der Waals surface area contributed by atoms with E-state index in [4.69, 9.17) is 4.74 Å². The summed E-state index contributed by atoms with van der Waals surface area (Å²) in [6, 6.07) is -0.633. The van der Waals surface area contributed by atoms with Crippen LogP contribution in [0.3, 0.4) is 0 Å². The molecule has 0 aromatic rings. The SMILES string of the molecule is C=CCN(C)C(=O)[C@H]1[C@H]2C(=O)N(CCCCCO)C(C(=O)N(CC=C)CCN3CCOCC3)C23CC(Br)[C@@H]1S3. The predicted molar refractivity (Wildman–Crippen MR) is 157 cm³/mol. The summed E-state index contributed by atoms with van der Waals surface area (Å²) in [5.41, 5.74) is 0. The van der Waals surface area contributed by atoms with Gasteiger partial charge in [0.25, 0.3) is 0 Å². The van der Waals surface area contributed by atoms with Gasteiger partial charge in [0.15, 0.2) is 0 Å². The molecular formula is C28H43BrN4O5S. The lowest BCUT2D eigenvalue weighted by Gasteiger charge is -2.39. The number of morpholine rings is 1. The second-order valence-corrected chi connectivity index (χ2v) is 13.7. The normalized spacial score (nSPS) is 31.8. The summed E-state index contributed by atoms with van der Waals surface area (Å²) < 4.78 is 4.82. The number of fused-ring (bicyclic) bond motifs is 1. The molecule has 0 aromatic carbocycles. The number of nitrogens with zero attached hydrogens (tertiary/aromatic N) is 4. The van der Waals surface area contributed by atoms with Crippen LogP contribution >= 0.6 is 27.7 Å². The number of unbranched alkanes of at least 4 members (excludes halogenated alkanes) is 2. The van der Waals surface area contributed by atoms with Crippen LogP contribution in [0, 0.1) is 11.8 Å². The van der Waals surface area contributed by atoms with Gasteiger partial charge in [0.2, 0.25) is 17.7 Å². The summed E-state index contributed by atoms with van der Waals surface area (Å²) in [4.78, 5) is 49.9. The zero-order valence-corrected chi connectivity index (χ0v) is 25.4. The second kappa shape index (κ2) is 13.5. The fraction of sp³-hybridized carbons (Fsp3) is 0.750. The fourth-order valence-corrected chi connectivity index (χ4v) is 10.3. The standard InChI is InChI=1S/C28H43BrN4O5S/c1-4-9-30(3)25(35)21-22-26(36)33(11-7-6-8-16-34)24(28(22)19-20(29)23(21)39-28)27(37)32(10-5-2)13-12-31-14-17-38-18-15-31/h4-5,20-24,34H,1-2,6-19H2,3H3/t20?,21-,22-,23-,24?,28?/m0/s1. The number of aliphatic hydroxyl groups is 1. The van der Waals surface area contributed by atoms with Gasteiger partial charge in [-0.2, -0.15) is 0 Å². The van der Waals surface area contributed by atoms with Crippen LogP contribution in [0.4, 0.5) is 0 Å². The Bertz CT molecular complexity index is 934. The highest BCUT2D eigenvalue weighted by atomic mass is 79.9. The van der Waals surface area contributed by atoms with Gasteiger partial charge in [0.1, 0.15) is 6.04 Å². The van der Waals surface area contributed by atoms with Crippen LogP contribution in [-0.4, -0.2) is 136 Å². The minimum atomic E-state index is -0.655. The Morgan fingerprint density at radius 3 is 2.54 bits per heavy atom. The molecular weight excluding hydrogens is 584 g/mol. The van der Waals surface area contributed by atoms with Crippen molar-refractivity contribution in [2.45, 2.75) is 46.5 Å². The fourth-order valence-electron chi connectivity index (χ4n) is 6.75. The van der Waals surface area contributed by atoms with Gasteiger partial charge in [0.05, 0.1) is 29.8 Å². The van der Waals surface area contributed by atoms with Crippen LogP contribution < -0.4 is 0 Å². The van der Waals surface area contributed by atoms with Gasteiger partial charge in [-0.1, -0.05) is 28.1 Å². The molecule has 4 saturated heterocycles. The number of carbonyl (C=O) groups is 3. The monoisotopic (exact) mass is 626 g/mol. The quantitative estimate of drug-likeness (QED) is 0.178. The van der Waals surface area contributed by atoms with E-state index in [1.807, 2.05) is 4.90 Å². The highest BCUT2D eigenvalue weighted by Gasteiger charge is 2.75. The third-order valence-electron chi connectivity index (χ3n) is 8.60. The lowest BCUT2D eigenvalue weighted by Crippen LogP contribution is -2.56. The van der Waals surface area contributed by atoms with Gasteiger partial charge in [-0.15, -0.1) is 24.9 Å². The number of amides is 3. The van der Waals surface area contributed by atoms with Crippen LogP contribution in [0.15, 0.2) is 25.3 Å². The van der Waals surface area contributed by atoms with E-state index in [-0.39, 0.29) is 34.4 Å². The number of likely N-dealkylation sites (N-methyl/N-ethyl adjacent to an activating group) is 1. The average molecular weight is 628 g/mol. The third kappa shape index (κ3) is 5.98. The lowest BCUT2D eigenvalue weighted by atomic mass is 9.70. The second-order valence-electron chi connectivity index (χ2n) is 11.0. The number of alkyl halides is 1. The van der Waals surface area contributed by atoms with Crippen molar-refractivity contribution in [1.29, 1.82) is 0 Å². The zero-order valence-electron chi connectivity index (χ0n) is 23.0. The minimum absolute atomic E-state index is 0.0449. The Balaban J connectivity index is 1.64. The van der Waals surface area contributed by atoms with Crippen molar-refractivity contribution in [3.05, 3.63) is 25.3 Å². The van der Waals surface area contributed by atoms with Gasteiger partial charge in [0, 0.05) is 69.5 Å². The molecule has 0 radical (unpaired) electrons. The molecule has 11 heteroatoms. The number of hydrogen-bond donors (Lipinski definition) is 1. The maximum atomic E-state index is 14.5. The largest absolute Gasteiger partial charge is 0.396 e. The van der Waals surface area contributed by atoms with E-state index in [0.717, 1.165) is 26.1 Å². The van der Waals surface area contributed by atoms with Gasteiger partial charge < -0.3 is 24.5 Å². The molecule has 1 spiro atoms. The molecule has 2 bridgehead atoms. The summed E-state index contributed by atoms with van der Waals surface area (Å²) in [7, 11) is 1.75. The smallest absolute Gasteiger partial charge is 0.247 e. The predicted octanol–water partition coefficient (Wildman–Crippen LogP) is 1.60. The Kier molecular flexibility index (Phi) is 10.6. The number of hydrogen-bond acceptors (Lipinski definition) is 7. The molecule has 4 rings (SSSR count). The van der Waals surface area contributed by atoms with Crippen molar-refractivity contribution in [3.63, 3.8) is 0 Å². The van der Waals surface area contributed by atoms with Gasteiger partial charge in [-0.25, -0.2) is 0 Å². The van der Waals surface area contributed by atoms with Crippen LogP contribution in [0.25, 0.3) is 0 Å². The van der Waals surface area contributed by atoms with Gasteiger partial charge >= 0.3 is 0 Å². The molecule has 1 N–H and O–H groups in total. The molecule has 39 heavy (non-hydrogen) atoms. The maximum absolute atomic E-state index is 14.5. The van der Waals surface area contributed by atoms with E-state index >= 15 is 0 Å². The first-order chi connectivity index (χ1) is 18.8. The van der Waals surface area contributed by atoms with Crippen molar-refractivity contribution in [3.8, 4) is 0 Å². The molecule has 0 saturated carbocycles. The van der Waals surface area contributed by atoms with E-state index in [1.54, 1.807) is 40.8 Å². The van der Waals surface area contributed by atoms with Gasteiger partial charge in [-0.3, -0.25) is 19.3 Å². The van der Waals surface area contributed by atoms with Crippen molar-refractivity contribution < 1.29 is 24.2 Å². The maximum Gasteiger partial charge on any atom is 0.247 e. The number of ether oxygens (including phenoxy) is 1. The summed E-state index contributed by atoms with van der Waals surface area (Å²) >= 11 is 5.51. The molecule has 0 aromatic heterocycles. The molecule has 3 unspecified atom stereocenters. The molecule has 218 valence electrons. The highest BCUT2D eigenvalue weighted by molar-refractivity contribution is 9.09. The minimum Gasteiger partial charge on any atom is -0.396 e. The van der Waals surface area contributed by atoms with E-state index in [1.165, 1.54) is 0 Å². The van der Waals surface area contributed by atoms with Crippen molar-refractivity contribution in [1.82, 2.24) is 19.6 Å². The first-order valence-electron chi connectivity index (χ1n) is 14.1. The molecule has 3 amide bonds.